The molecule has 20 aliphatic rings. The molecule has 20 aliphatic heterocycles. The number of pyridine rings is 1. The van der Waals surface area contributed by atoms with Gasteiger partial charge in [-0.3, -0.25) is 0 Å². The molecule has 0 radical (unpaired) electrons. The third-order valence-corrected chi connectivity index (χ3v) is 115. The van der Waals surface area contributed by atoms with Crippen molar-refractivity contribution in [3.8, 4) is 0 Å². The molecular weight excluding hydrogens is 502 g/mol. The van der Waals surface area contributed by atoms with E-state index < -0.39 is 13.0 Å². The first-order valence-corrected chi connectivity index (χ1v) is 27.2. The first-order valence-electron chi connectivity index (χ1n) is 14.6. The SMILES string of the molecule is CC(=N[C]12[CH]3[CH]4[CH]5[CH]1[Fe]45321678[CH]2[CH]1[CH]6[CH]7[CH]28)c1cccc(C(C)=N[C]23[CH]4[CH]5[CH]6[CH]2[Fe]56432789[CH]3[CH]2[CH]7[CH]8[CH]39)n1. The normalized spacial score (nSPS) is 121. The molecule has 20 fully saturated rings. The predicted octanol–water partition coefficient (Wildman–Crippen LogP) is 7.29. The minimum atomic E-state index is -3.13. The van der Waals surface area contributed by atoms with E-state index in [-0.39, 0.29) is 0 Å². The van der Waals surface area contributed by atoms with Crippen LogP contribution in [0.1, 0.15) is 25.2 Å². The van der Waals surface area contributed by atoms with Crippen LogP contribution >= 0.6 is 0 Å². The summed E-state index contributed by atoms with van der Waals surface area (Å²) >= 11 is 0. The topological polar surface area (TPSA) is 37.6 Å². The maximum absolute atomic E-state index is 5.89. The standard InChI is InChI=1S/C19H17N3.2C5H5.2Fe/c1-14(20-16-8-3-4-9-16)18-12-7-13-19(22-18)15(2)21-17-10-5-6-11-17;2*1-2-4-5-3-1;;/h3-13H,1-2H3;2*1-5H;;. The summed E-state index contributed by atoms with van der Waals surface area (Å²) in [7, 11) is 0. The first kappa shape index (κ1) is 12.4. The number of rotatable bonds is 4. The van der Waals surface area contributed by atoms with Crippen molar-refractivity contribution in [2.45, 2.75) is 109 Å². The van der Waals surface area contributed by atoms with Gasteiger partial charge in [-0.25, -0.2) is 0 Å². The predicted molar refractivity (Wildman–Crippen MR) is 122 cm³/mol. The van der Waals surface area contributed by atoms with E-state index in [0.717, 1.165) is 0 Å². The molecule has 3 nitrogen and oxygen atoms in total. The summed E-state index contributed by atoms with van der Waals surface area (Å²) < 4.78 is 1.26. The molecule has 0 N–H and O–H groups in total. The van der Waals surface area contributed by atoms with Gasteiger partial charge in [0.1, 0.15) is 0 Å². The zero-order valence-corrected chi connectivity index (χ0v) is 21.4. The van der Waals surface area contributed by atoms with E-state index in [0.29, 0.717) is 8.87 Å². The number of aromatic nitrogens is 1. The van der Waals surface area contributed by atoms with E-state index in [1.807, 2.05) is 0 Å². The first-order chi connectivity index (χ1) is 16.1. The summed E-state index contributed by atoms with van der Waals surface area (Å²) in [6, 6.07) is 6.85. The van der Waals surface area contributed by atoms with Gasteiger partial charge < -0.3 is 0 Å². The second kappa shape index (κ2) is 1.07. The molecule has 0 saturated carbocycles. The van der Waals surface area contributed by atoms with Gasteiger partial charge in [-0.05, 0) is 0 Å². The summed E-state index contributed by atoms with van der Waals surface area (Å²) in [5.41, 5.74) is 5.04. The van der Waals surface area contributed by atoms with Crippen molar-refractivity contribution in [3.05, 3.63) is 29.6 Å². The molecule has 1 aromatic rings. The van der Waals surface area contributed by atoms with Crippen molar-refractivity contribution >= 4 is 11.4 Å². The van der Waals surface area contributed by atoms with E-state index in [4.69, 9.17) is 15.0 Å². The molecule has 1 aromatic heterocycles. The molecule has 174 valence electrons. The maximum atomic E-state index is 5.89. The zero-order valence-electron chi connectivity index (χ0n) is 19.2. The molecule has 21 rings (SSSR count). The summed E-state index contributed by atoms with van der Waals surface area (Å²) in [6.07, 6.45) is 0. The van der Waals surface area contributed by atoms with Gasteiger partial charge in [0.25, 0.3) is 0 Å². The molecule has 2 spiro atoms. The molecule has 0 amide bonds. The molecule has 0 bridgehead atoms. The Morgan fingerprint density at radius 3 is 1.15 bits per heavy atom. The molecule has 21 heterocycles. The van der Waals surface area contributed by atoms with Gasteiger partial charge >= 0.3 is 178 Å². The zero-order chi connectivity index (χ0) is 20.6. The van der Waals surface area contributed by atoms with Crippen LogP contribution in [0.3, 0.4) is 0 Å². The third-order valence-electron chi connectivity index (χ3n) is 31.4. The van der Waals surface area contributed by atoms with Crippen molar-refractivity contribution in [1.82, 2.24) is 4.98 Å². The van der Waals surface area contributed by atoms with Crippen LogP contribution in [0, 0.1) is 0 Å². The monoisotopic (exact) mass is 529 g/mol. The summed E-state index contributed by atoms with van der Waals surface area (Å²) in [4.78, 5) is 41.2. The molecule has 5 heteroatoms. The molecule has 0 aliphatic carbocycles. The van der Waals surface area contributed by atoms with Crippen molar-refractivity contribution in [2.75, 3.05) is 0 Å². The van der Waals surface area contributed by atoms with E-state index in [1.54, 1.807) is 0 Å². The van der Waals surface area contributed by atoms with Crippen molar-refractivity contribution in [3.63, 3.8) is 0 Å². The van der Waals surface area contributed by atoms with Gasteiger partial charge in [0, 0.05) is 0 Å². The number of hydrogen-bond acceptors (Lipinski definition) is 3. The minimum absolute atomic E-state index is 0.632. The van der Waals surface area contributed by atoms with Gasteiger partial charge in [0.15, 0.2) is 0 Å². The second-order valence-corrected chi connectivity index (χ2v) is 69.1. The second-order valence-electron chi connectivity index (χ2n) is 22.1. The van der Waals surface area contributed by atoms with Crippen LogP contribution in [0.2, 0.25) is 86.7 Å². The van der Waals surface area contributed by atoms with Crippen molar-refractivity contribution in [2.24, 2.45) is 9.98 Å². The fraction of sp³-hybridized carbons (Fsp3) is 0.759. The average molecular weight is 529 g/mol. The van der Waals surface area contributed by atoms with Crippen LogP contribution in [0.15, 0.2) is 28.2 Å². The van der Waals surface area contributed by atoms with Crippen LogP contribution in [-0.2, 0) is 13.0 Å². The Hall–Kier alpha value is -0.471. The van der Waals surface area contributed by atoms with Crippen LogP contribution in [0.5, 0.6) is 0 Å². The molecule has 8 atom stereocenters. The van der Waals surface area contributed by atoms with Gasteiger partial charge in [-0.1, -0.05) is 0 Å². The molecule has 34 heavy (non-hydrogen) atoms. The van der Waals surface area contributed by atoms with Crippen molar-refractivity contribution < 1.29 is 13.0 Å². The van der Waals surface area contributed by atoms with Crippen LogP contribution in [0.4, 0.5) is 0 Å². The number of fused-ring (bicyclic) bond motifs is 20. The Morgan fingerprint density at radius 1 is 0.588 bits per heavy atom. The van der Waals surface area contributed by atoms with Crippen LogP contribution in [0.25, 0.3) is 0 Å². The van der Waals surface area contributed by atoms with Crippen molar-refractivity contribution in [1.29, 1.82) is 0 Å². The summed E-state index contributed by atoms with van der Waals surface area (Å²) in [5.74, 6) is 0. The van der Waals surface area contributed by atoms with Gasteiger partial charge in [0.2, 0.25) is 0 Å². The van der Waals surface area contributed by atoms with Gasteiger partial charge in [0.05, 0.1) is 0 Å². The number of hydrogen-bond donors (Lipinski definition) is 0. The molecule has 8 unspecified atom stereocenters. The Labute approximate surface area is 177 Å². The third kappa shape index (κ3) is 0.143. The van der Waals surface area contributed by atoms with E-state index in [2.05, 4.69) is 32.0 Å². The van der Waals surface area contributed by atoms with E-state index in [9.17, 15) is 0 Å². The van der Waals surface area contributed by atoms with Gasteiger partial charge in [-0.2, -0.15) is 0 Å². The molecule has 20 saturated heterocycles. The van der Waals surface area contributed by atoms with Gasteiger partial charge in [-0.15, -0.1) is 0 Å². The Bertz CT molecular complexity index is 2280. The molecular formula is C29H27Fe2N3. The fourth-order valence-electron chi connectivity index (χ4n) is 34.2. The van der Waals surface area contributed by atoms with Crippen LogP contribution in [-0.4, -0.2) is 25.3 Å². The molecule has 0 aromatic carbocycles. The van der Waals surface area contributed by atoms with Crippen LogP contribution < -0.4 is 0 Å². The van der Waals surface area contributed by atoms with E-state index >= 15 is 0 Å². The quantitative estimate of drug-likeness (QED) is 0.298. The van der Waals surface area contributed by atoms with E-state index in [1.165, 1.54) is 110 Å². The Morgan fingerprint density at radius 2 is 0.912 bits per heavy atom. The number of aliphatic imine (C=N–C) groups is 2. The fourth-order valence-corrected chi connectivity index (χ4v) is 179. The average Bonchev–Trinajstić information content (AvgIpc) is 3.72. The number of nitrogens with zero attached hydrogens (tertiary/aromatic N) is 3. The Balaban J connectivity index is 0.815. The summed E-state index contributed by atoms with van der Waals surface area (Å²) in [6.45, 7) is -1.58. The summed E-state index contributed by atoms with van der Waals surface area (Å²) in [5, 5.41) is 0. The Kier molecular flexibility index (Phi) is 0.391.